The number of aryl methyl sites for hydroxylation is 2. The Morgan fingerprint density at radius 3 is 2.70 bits per heavy atom. The normalized spacial score (nSPS) is 11.7. The number of thioether (sulfide) groups is 1. The van der Waals surface area contributed by atoms with Gasteiger partial charge in [0.2, 0.25) is 0 Å². The highest BCUT2D eigenvalue weighted by Crippen LogP contribution is 2.17. The molecule has 0 amide bonds. The molecule has 0 bridgehead atoms. The average Bonchev–Trinajstić information content (AvgIpc) is 2.74. The Bertz CT molecular complexity index is 415. The van der Waals surface area contributed by atoms with Crippen LogP contribution in [0.2, 0.25) is 0 Å². The number of aliphatic imine (C=N–C) groups is 1. The van der Waals surface area contributed by atoms with Crippen LogP contribution in [0.15, 0.2) is 4.99 Å². The molecule has 0 aliphatic rings. The summed E-state index contributed by atoms with van der Waals surface area (Å²) >= 11 is 3.64. The maximum absolute atomic E-state index is 4.64. The molecule has 0 atom stereocenters. The summed E-state index contributed by atoms with van der Waals surface area (Å²) in [4.78, 5) is 10.3. The quantitative estimate of drug-likeness (QED) is 0.440. The van der Waals surface area contributed by atoms with Gasteiger partial charge in [-0.15, -0.1) is 11.3 Å². The molecule has 4 nitrogen and oxygen atoms in total. The van der Waals surface area contributed by atoms with E-state index in [0.29, 0.717) is 6.54 Å². The SMILES string of the molecule is CCNC(=NCc1sc(C)nc1C)NCCCCSC. The Morgan fingerprint density at radius 2 is 2.10 bits per heavy atom. The van der Waals surface area contributed by atoms with Gasteiger partial charge in [-0.3, -0.25) is 0 Å². The number of unbranched alkanes of at least 4 members (excludes halogenated alkanes) is 1. The fourth-order valence-electron chi connectivity index (χ4n) is 1.79. The lowest BCUT2D eigenvalue weighted by molar-refractivity contribution is 0.734. The van der Waals surface area contributed by atoms with Gasteiger partial charge in [0.25, 0.3) is 0 Å². The van der Waals surface area contributed by atoms with Crippen molar-refractivity contribution in [2.24, 2.45) is 4.99 Å². The summed E-state index contributed by atoms with van der Waals surface area (Å²) in [5, 5.41) is 7.79. The molecule has 20 heavy (non-hydrogen) atoms. The smallest absolute Gasteiger partial charge is 0.191 e. The Morgan fingerprint density at radius 1 is 1.30 bits per heavy atom. The first-order chi connectivity index (χ1) is 9.67. The van der Waals surface area contributed by atoms with Crippen LogP contribution >= 0.6 is 23.1 Å². The Hall–Kier alpha value is -0.750. The van der Waals surface area contributed by atoms with E-state index in [1.165, 1.54) is 23.5 Å². The van der Waals surface area contributed by atoms with Gasteiger partial charge < -0.3 is 10.6 Å². The Kier molecular flexibility index (Phi) is 8.69. The van der Waals surface area contributed by atoms with E-state index in [9.17, 15) is 0 Å². The highest BCUT2D eigenvalue weighted by molar-refractivity contribution is 7.98. The molecule has 6 heteroatoms. The number of aromatic nitrogens is 1. The summed E-state index contributed by atoms with van der Waals surface area (Å²) in [5.41, 5.74) is 1.10. The van der Waals surface area contributed by atoms with Crippen molar-refractivity contribution in [3.8, 4) is 0 Å². The summed E-state index contributed by atoms with van der Waals surface area (Å²) in [7, 11) is 0. The lowest BCUT2D eigenvalue weighted by atomic mass is 10.3. The molecule has 1 rings (SSSR count). The number of hydrogen-bond acceptors (Lipinski definition) is 4. The molecule has 0 aliphatic carbocycles. The molecular formula is C14H26N4S2. The van der Waals surface area contributed by atoms with Crippen molar-refractivity contribution in [2.75, 3.05) is 25.1 Å². The maximum Gasteiger partial charge on any atom is 0.191 e. The molecule has 0 aliphatic heterocycles. The lowest BCUT2D eigenvalue weighted by Crippen LogP contribution is -2.37. The van der Waals surface area contributed by atoms with Crippen molar-refractivity contribution >= 4 is 29.1 Å². The largest absolute Gasteiger partial charge is 0.357 e. The molecular weight excluding hydrogens is 288 g/mol. The average molecular weight is 315 g/mol. The summed E-state index contributed by atoms with van der Waals surface area (Å²) in [6.07, 6.45) is 4.59. The molecule has 1 aromatic heterocycles. The van der Waals surface area contributed by atoms with Crippen LogP contribution in [0.5, 0.6) is 0 Å². The second-order valence-corrected chi connectivity index (χ2v) is 6.84. The van der Waals surface area contributed by atoms with E-state index >= 15 is 0 Å². The van der Waals surface area contributed by atoms with Gasteiger partial charge in [0.1, 0.15) is 0 Å². The van der Waals surface area contributed by atoms with E-state index in [0.717, 1.165) is 29.8 Å². The predicted octanol–water partition coefficient (Wildman–Crippen LogP) is 2.96. The molecule has 1 heterocycles. The summed E-state index contributed by atoms with van der Waals surface area (Å²) in [6.45, 7) is 8.76. The fourth-order valence-corrected chi connectivity index (χ4v) is 3.15. The van der Waals surface area contributed by atoms with Gasteiger partial charge in [0, 0.05) is 18.0 Å². The van der Waals surface area contributed by atoms with Crippen LogP contribution in [0.25, 0.3) is 0 Å². The number of hydrogen-bond donors (Lipinski definition) is 2. The lowest BCUT2D eigenvalue weighted by Gasteiger charge is -2.10. The number of rotatable bonds is 8. The van der Waals surface area contributed by atoms with E-state index in [4.69, 9.17) is 0 Å². The first kappa shape index (κ1) is 17.3. The number of nitrogens with one attached hydrogen (secondary N) is 2. The minimum atomic E-state index is 0.706. The standard InChI is InChI=1S/C14H26N4S2/c1-5-15-14(16-8-6-7-9-19-4)17-10-13-11(2)18-12(3)20-13/h5-10H2,1-4H3,(H2,15,16,17). The van der Waals surface area contributed by atoms with E-state index in [-0.39, 0.29) is 0 Å². The second-order valence-electron chi connectivity index (χ2n) is 4.56. The van der Waals surface area contributed by atoms with Crippen molar-refractivity contribution in [3.63, 3.8) is 0 Å². The van der Waals surface area contributed by atoms with Gasteiger partial charge in [-0.05, 0) is 45.6 Å². The Balaban J connectivity index is 2.43. The third kappa shape index (κ3) is 6.61. The second kappa shape index (κ2) is 10.0. The molecule has 0 unspecified atom stereocenters. The third-order valence-electron chi connectivity index (χ3n) is 2.79. The van der Waals surface area contributed by atoms with Crippen molar-refractivity contribution in [1.29, 1.82) is 0 Å². The summed E-state index contributed by atoms with van der Waals surface area (Å²) in [6, 6.07) is 0. The van der Waals surface area contributed by atoms with Gasteiger partial charge in [0.15, 0.2) is 5.96 Å². The molecule has 114 valence electrons. The van der Waals surface area contributed by atoms with Crippen molar-refractivity contribution in [2.45, 2.75) is 40.2 Å². The molecule has 2 N–H and O–H groups in total. The highest BCUT2D eigenvalue weighted by atomic mass is 32.2. The van der Waals surface area contributed by atoms with Crippen LogP contribution in [0.4, 0.5) is 0 Å². The monoisotopic (exact) mass is 314 g/mol. The maximum atomic E-state index is 4.64. The predicted molar refractivity (Wildman–Crippen MR) is 92.0 cm³/mol. The van der Waals surface area contributed by atoms with Crippen LogP contribution in [-0.2, 0) is 6.54 Å². The van der Waals surface area contributed by atoms with E-state index in [2.05, 4.69) is 40.7 Å². The van der Waals surface area contributed by atoms with Gasteiger partial charge in [-0.1, -0.05) is 0 Å². The summed E-state index contributed by atoms with van der Waals surface area (Å²) < 4.78 is 0. The zero-order valence-corrected chi connectivity index (χ0v) is 14.6. The van der Waals surface area contributed by atoms with Crippen LogP contribution in [0, 0.1) is 13.8 Å². The number of thiazole rings is 1. The van der Waals surface area contributed by atoms with Gasteiger partial charge in [-0.25, -0.2) is 9.98 Å². The van der Waals surface area contributed by atoms with Crippen LogP contribution in [-0.4, -0.2) is 36.0 Å². The zero-order valence-electron chi connectivity index (χ0n) is 13.0. The third-order valence-corrected chi connectivity index (χ3v) is 4.55. The first-order valence-electron chi connectivity index (χ1n) is 7.11. The minimum Gasteiger partial charge on any atom is -0.357 e. The number of nitrogens with zero attached hydrogens (tertiary/aromatic N) is 2. The molecule has 0 spiro atoms. The molecule has 0 saturated carbocycles. The molecule has 0 saturated heterocycles. The fraction of sp³-hybridized carbons (Fsp3) is 0.714. The van der Waals surface area contributed by atoms with E-state index in [1.807, 2.05) is 18.7 Å². The van der Waals surface area contributed by atoms with E-state index in [1.54, 1.807) is 11.3 Å². The molecule has 1 aromatic rings. The van der Waals surface area contributed by atoms with Crippen molar-refractivity contribution in [3.05, 3.63) is 15.6 Å². The van der Waals surface area contributed by atoms with Crippen molar-refractivity contribution in [1.82, 2.24) is 15.6 Å². The molecule has 0 aromatic carbocycles. The highest BCUT2D eigenvalue weighted by Gasteiger charge is 2.04. The molecule has 0 radical (unpaired) electrons. The van der Waals surface area contributed by atoms with Crippen LogP contribution in [0.3, 0.4) is 0 Å². The molecule has 0 fully saturated rings. The van der Waals surface area contributed by atoms with E-state index < -0.39 is 0 Å². The van der Waals surface area contributed by atoms with Crippen LogP contribution < -0.4 is 10.6 Å². The zero-order chi connectivity index (χ0) is 14.8. The summed E-state index contributed by atoms with van der Waals surface area (Å²) in [5.74, 6) is 2.14. The van der Waals surface area contributed by atoms with Gasteiger partial charge >= 0.3 is 0 Å². The first-order valence-corrected chi connectivity index (χ1v) is 9.32. The number of guanidine groups is 1. The van der Waals surface area contributed by atoms with Gasteiger partial charge in [0.05, 0.1) is 17.2 Å². The Labute approximate surface area is 130 Å². The van der Waals surface area contributed by atoms with Crippen molar-refractivity contribution < 1.29 is 0 Å². The van der Waals surface area contributed by atoms with Gasteiger partial charge in [-0.2, -0.15) is 11.8 Å². The van der Waals surface area contributed by atoms with Crippen LogP contribution in [0.1, 0.15) is 35.3 Å². The topological polar surface area (TPSA) is 49.3 Å². The minimum absolute atomic E-state index is 0.706.